The second kappa shape index (κ2) is 29.0. The quantitative estimate of drug-likeness (QED) is 0.0885. The molecular formula is C65H74Cl2N8O23. The predicted molar refractivity (Wildman–Crippen MR) is 341 cm³/mol. The monoisotopic (exact) mass is 1400 g/mol. The van der Waals surface area contributed by atoms with E-state index in [1.54, 1.807) is 0 Å². The Morgan fingerprint density at radius 1 is 0.704 bits per heavy atom. The summed E-state index contributed by atoms with van der Waals surface area (Å²) in [4.78, 5) is 103. The lowest BCUT2D eigenvalue weighted by Crippen LogP contribution is -2.64. The summed E-state index contributed by atoms with van der Waals surface area (Å²) in [6, 6.07) is 0.876. The van der Waals surface area contributed by atoms with Crippen LogP contribution in [0.25, 0.3) is 11.1 Å². The number of nitrogens with one attached hydrogen (secondary N) is 7. The van der Waals surface area contributed by atoms with E-state index in [0.717, 1.165) is 54.6 Å². The molecule has 0 spiro atoms. The zero-order valence-corrected chi connectivity index (χ0v) is 54.6. The number of rotatable bonds is 11. The zero-order valence-electron chi connectivity index (χ0n) is 53.1. The molecule has 0 saturated carbocycles. The summed E-state index contributed by atoms with van der Waals surface area (Å²) in [5, 5.41) is 131. The van der Waals surface area contributed by atoms with Gasteiger partial charge in [0, 0.05) is 34.7 Å². The van der Waals surface area contributed by atoms with Crippen LogP contribution in [0.5, 0.6) is 46.0 Å². The Labute approximate surface area is 568 Å². The van der Waals surface area contributed by atoms with Crippen LogP contribution in [0.2, 0.25) is 10.0 Å². The number of hydrogen-bond acceptors (Lipinski definition) is 24. The highest BCUT2D eigenvalue weighted by atomic mass is 35.5. The number of likely N-dealkylation sites (N-methyl/N-ethyl adjacent to an activating group) is 1. The van der Waals surface area contributed by atoms with E-state index < -0.39 is 213 Å². The van der Waals surface area contributed by atoms with E-state index in [0.29, 0.717) is 0 Å². The molecule has 2 saturated heterocycles. The standard InChI is InChI=1S/C65H74Cl2N8O23/c1-23(2)13-35(69-6)58(86)74-48-50(80)27-8-11-38(33(66)15-27)94-40-17-29-18-41(54(40)98-64-55(53(83)52(82)42(22-76)96-64)97-43-21-65(5,68)56(84)25(4)93-43)95-39-12-9-28(16-34(39)67)51(81)49-62(90)73-47(63(91)92)32-19-30(77)20-37(79)44(32)31-14-26(7-10-36(31)78)45(59(87)75-49)72-60(88)46(29)71-57(85)24(3)70-61(48)89/h7-12,14-20,23-25,35,42-43,45-53,55-56,64,69,76-84H,13,21-22,68H2,1-6H3,(H,70,89)(H,71,85)(H,72,88)(H,73,90)(H,74,86)(H,75,87)(H,91,92)/t24-,25?,35+,42?,43?,45+,46+,47-,48?,49-,50+,51+,52?,53?,55?,56?,64?,65?/m0/s1. The molecule has 31 nitrogen and oxygen atoms in total. The molecule has 0 aliphatic carbocycles. The Balaban J connectivity index is 1.22. The Kier molecular flexibility index (Phi) is 21.4. The fourth-order valence-electron chi connectivity index (χ4n) is 12.2. The number of aromatic hydroxyl groups is 3. The number of phenols is 3. The van der Waals surface area contributed by atoms with Crippen molar-refractivity contribution in [3.63, 3.8) is 0 Å². The number of aliphatic hydroxyl groups excluding tert-OH is 6. The number of carbonyl (C=O) groups is 7. The minimum atomic E-state index is -2.25. The number of aliphatic hydroxyl groups is 6. The summed E-state index contributed by atoms with van der Waals surface area (Å²) < 4.78 is 38.3. The second-order valence-corrected chi connectivity index (χ2v) is 26.0. The largest absolute Gasteiger partial charge is 0.508 e. The number of phenolic OH excluding ortho intramolecular Hbond substituents is 3. The molecule has 6 amide bonds. The van der Waals surface area contributed by atoms with Crippen molar-refractivity contribution in [1.29, 1.82) is 0 Å². The van der Waals surface area contributed by atoms with Crippen molar-refractivity contribution in [3.8, 4) is 57.1 Å². The van der Waals surface area contributed by atoms with Crippen LogP contribution in [0.1, 0.15) is 106 Å². The van der Waals surface area contributed by atoms with E-state index in [9.17, 15) is 70.2 Å². The third kappa shape index (κ3) is 14.9. The predicted octanol–water partition coefficient (Wildman–Crippen LogP) is 1.25. The van der Waals surface area contributed by atoms with Gasteiger partial charge < -0.3 is 122 Å². The lowest BCUT2D eigenvalue weighted by atomic mass is 9.86. The van der Waals surface area contributed by atoms with Gasteiger partial charge in [-0.3, -0.25) is 28.8 Å². The maximum atomic E-state index is 15.9. The molecule has 7 aliphatic heterocycles. The first kappa shape index (κ1) is 72.1. The lowest BCUT2D eigenvalue weighted by Gasteiger charge is -2.47. The van der Waals surface area contributed by atoms with Crippen LogP contribution < -0.4 is 57.2 Å². The molecule has 5 aromatic rings. The van der Waals surface area contributed by atoms with Crippen LogP contribution in [0, 0.1) is 5.92 Å². The molecule has 10 unspecified atom stereocenters. The van der Waals surface area contributed by atoms with Crippen LogP contribution in [-0.4, -0.2) is 185 Å². The van der Waals surface area contributed by atoms with Crippen LogP contribution in [0.4, 0.5) is 0 Å². The highest BCUT2D eigenvalue weighted by molar-refractivity contribution is 6.32. The van der Waals surface area contributed by atoms with Crippen LogP contribution in [0.15, 0.2) is 78.9 Å². The van der Waals surface area contributed by atoms with Gasteiger partial charge in [0.15, 0.2) is 29.9 Å². The number of carbonyl (C=O) groups excluding carboxylic acids is 6. The van der Waals surface area contributed by atoms with Gasteiger partial charge in [0.2, 0.25) is 47.5 Å². The Hall–Kier alpha value is -8.67. The number of nitrogens with two attached hydrogens (primary N) is 1. The number of carboxylic acids is 1. The van der Waals surface area contributed by atoms with E-state index in [-0.39, 0.29) is 57.5 Å². The summed E-state index contributed by atoms with van der Waals surface area (Å²) in [6.45, 7) is 6.97. The first-order chi connectivity index (χ1) is 46.3. The molecule has 19 N–H and O–H groups in total. The minimum Gasteiger partial charge on any atom is -0.508 e. The van der Waals surface area contributed by atoms with Gasteiger partial charge in [-0.2, -0.15) is 0 Å². The molecule has 0 aromatic heterocycles. The SMILES string of the molecule is CN[C@H](CC(C)C)C(=O)NC1C(=O)N[C@@H](C)C(=O)N[C@H]2C(=O)N[C@H]3C(=O)N[C@H](C(=O)N[C@H](C(=O)O)c4cc(O)cc(O)c4-c4cc3ccc4O)[C@H](O)c3ccc(c(Cl)c3)Oc3cc2cc(c3OC2OC(CO)C(O)C(O)C2OC2CC(C)(N)C(O)C(C)O2)Oc2ccc(cc2Cl)[C@H]1O. The van der Waals surface area contributed by atoms with Gasteiger partial charge >= 0.3 is 5.97 Å². The number of amides is 6. The number of carboxylic acid groups (broad SMARTS) is 1. The van der Waals surface area contributed by atoms with Crippen molar-refractivity contribution in [1.82, 2.24) is 37.2 Å². The molecule has 7 aliphatic rings. The van der Waals surface area contributed by atoms with Crippen LogP contribution >= 0.6 is 23.2 Å². The summed E-state index contributed by atoms with van der Waals surface area (Å²) >= 11 is 14.1. The smallest absolute Gasteiger partial charge is 0.330 e. The minimum absolute atomic E-state index is 0.0419. The third-order valence-electron chi connectivity index (χ3n) is 17.5. The molecule has 2 fully saturated rings. The number of halogens is 2. The first-order valence-electron chi connectivity index (χ1n) is 30.9. The molecule has 5 aromatic carbocycles. The summed E-state index contributed by atoms with van der Waals surface area (Å²) in [5.74, 6) is -13.6. The molecule has 33 heteroatoms. The summed E-state index contributed by atoms with van der Waals surface area (Å²) in [6.07, 6.45) is -17.0. The highest BCUT2D eigenvalue weighted by Gasteiger charge is 2.51. The average molecular weight is 1410 g/mol. The van der Waals surface area contributed by atoms with E-state index in [1.165, 1.54) is 52.1 Å². The molecule has 98 heavy (non-hydrogen) atoms. The third-order valence-corrected chi connectivity index (χ3v) is 18.1. The summed E-state index contributed by atoms with van der Waals surface area (Å²) in [5.41, 5.74) is 2.68. The molecular weight excluding hydrogens is 1330 g/mol. The van der Waals surface area contributed by atoms with Crippen molar-refractivity contribution in [2.75, 3.05) is 13.7 Å². The van der Waals surface area contributed by atoms with Gasteiger partial charge in [-0.05, 0) is 117 Å². The fourth-order valence-corrected chi connectivity index (χ4v) is 12.7. The van der Waals surface area contributed by atoms with Crippen LogP contribution in [-0.2, 0) is 47.8 Å². The molecule has 0 radical (unpaired) electrons. The average Bonchev–Trinajstić information content (AvgIpc) is 0.770. The Morgan fingerprint density at radius 2 is 1.31 bits per heavy atom. The maximum absolute atomic E-state index is 15.9. The second-order valence-electron chi connectivity index (χ2n) is 25.2. The Bertz CT molecular complexity index is 3940. The van der Waals surface area contributed by atoms with Crippen molar-refractivity contribution in [2.24, 2.45) is 11.7 Å². The van der Waals surface area contributed by atoms with Gasteiger partial charge in [0.1, 0.15) is 89.5 Å². The van der Waals surface area contributed by atoms with Crippen LogP contribution in [0.3, 0.4) is 0 Å². The number of ether oxygens (including phenoxy) is 6. The number of hydrogen-bond donors (Lipinski definition) is 18. The van der Waals surface area contributed by atoms with E-state index >= 15 is 14.4 Å². The van der Waals surface area contributed by atoms with Gasteiger partial charge in [-0.25, -0.2) is 4.79 Å². The molecule has 18 atom stereocenters. The first-order valence-corrected chi connectivity index (χ1v) is 31.7. The molecule has 7 heterocycles. The number of fused-ring (bicyclic) bond motifs is 15. The van der Waals surface area contributed by atoms with Crippen molar-refractivity contribution >= 4 is 64.6 Å². The maximum Gasteiger partial charge on any atom is 0.330 e. The van der Waals surface area contributed by atoms with Crippen molar-refractivity contribution < 1.29 is 113 Å². The lowest BCUT2D eigenvalue weighted by molar-refractivity contribution is -0.333. The zero-order chi connectivity index (χ0) is 71.3. The van der Waals surface area contributed by atoms with E-state index in [2.05, 4.69) is 37.2 Å². The molecule has 11 bridgehead atoms. The topological polar surface area (TPSA) is 487 Å². The normalized spacial score (nSPS) is 30.0. The van der Waals surface area contributed by atoms with Gasteiger partial charge in [-0.15, -0.1) is 0 Å². The highest BCUT2D eigenvalue weighted by Crippen LogP contribution is 2.50. The Morgan fingerprint density at radius 3 is 1.90 bits per heavy atom. The number of benzene rings is 5. The van der Waals surface area contributed by atoms with Crippen molar-refractivity contribution in [3.05, 3.63) is 117 Å². The van der Waals surface area contributed by atoms with E-state index in [4.69, 9.17) is 57.4 Å². The number of aliphatic carboxylic acids is 1. The van der Waals surface area contributed by atoms with Gasteiger partial charge in [0.25, 0.3) is 0 Å². The van der Waals surface area contributed by atoms with E-state index in [1.807, 2.05) is 13.8 Å². The molecule has 526 valence electrons. The molecule has 12 rings (SSSR count). The van der Waals surface area contributed by atoms with Gasteiger partial charge in [-0.1, -0.05) is 55.2 Å². The van der Waals surface area contributed by atoms with Gasteiger partial charge in [0.05, 0.1) is 34.9 Å². The fraction of sp³-hybridized carbons (Fsp3) is 0.431. The summed E-state index contributed by atoms with van der Waals surface area (Å²) in [7, 11) is 1.51. The van der Waals surface area contributed by atoms with Crippen molar-refractivity contribution in [2.45, 2.75) is 157 Å².